The molecule has 1 aromatic carbocycles. The molecule has 0 atom stereocenters. The first-order valence-electron chi connectivity index (χ1n) is 5.04. The first kappa shape index (κ1) is 12.6. The Labute approximate surface area is 99.2 Å². The number of halogens is 4. The minimum Gasteiger partial charge on any atom is -0.452 e. The Morgan fingerprint density at radius 3 is 2.56 bits per heavy atom. The number of furan rings is 1. The molecule has 0 aliphatic rings. The smallest absolute Gasteiger partial charge is 0.372 e. The molecule has 1 aromatic heterocycles. The maximum Gasteiger partial charge on any atom is 0.372 e. The van der Waals surface area contributed by atoms with E-state index in [0.717, 1.165) is 6.07 Å². The standard InChI is InChI=1S/C12H8F4O2/c1-6-3-2-4-7-5-8(18-9(6)7)10(17)12(15,16)11(13)14/h2-5,11H,1H3. The van der Waals surface area contributed by atoms with Crippen molar-refractivity contribution < 1.29 is 26.8 Å². The highest BCUT2D eigenvalue weighted by Gasteiger charge is 2.50. The molecule has 0 spiro atoms. The summed E-state index contributed by atoms with van der Waals surface area (Å²) in [5.74, 6) is -7.50. The number of fused-ring (bicyclic) bond motifs is 1. The molecule has 2 aromatic rings. The highest BCUT2D eigenvalue weighted by Crippen LogP contribution is 2.30. The summed E-state index contributed by atoms with van der Waals surface area (Å²) in [6.07, 6.45) is -4.06. The third kappa shape index (κ3) is 1.87. The van der Waals surface area contributed by atoms with Crippen molar-refractivity contribution in [2.24, 2.45) is 0 Å². The first-order valence-corrected chi connectivity index (χ1v) is 5.04. The van der Waals surface area contributed by atoms with Gasteiger partial charge in [0.15, 0.2) is 5.76 Å². The maximum atomic E-state index is 12.9. The molecule has 0 bridgehead atoms. The van der Waals surface area contributed by atoms with E-state index in [9.17, 15) is 22.4 Å². The lowest BCUT2D eigenvalue weighted by Gasteiger charge is -2.11. The summed E-state index contributed by atoms with van der Waals surface area (Å²) >= 11 is 0. The van der Waals surface area contributed by atoms with Crippen LogP contribution in [-0.4, -0.2) is 18.1 Å². The van der Waals surface area contributed by atoms with Gasteiger partial charge in [0.1, 0.15) is 5.58 Å². The van der Waals surface area contributed by atoms with Crippen LogP contribution in [0.5, 0.6) is 0 Å². The Bertz CT molecular complexity index is 601. The van der Waals surface area contributed by atoms with E-state index in [2.05, 4.69) is 0 Å². The second kappa shape index (κ2) is 4.12. The van der Waals surface area contributed by atoms with E-state index < -0.39 is 23.9 Å². The van der Waals surface area contributed by atoms with Crippen LogP contribution in [-0.2, 0) is 0 Å². The molecule has 6 heteroatoms. The zero-order valence-electron chi connectivity index (χ0n) is 9.22. The fraction of sp³-hybridized carbons (Fsp3) is 0.250. The third-order valence-electron chi connectivity index (χ3n) is 2.54. The molecule has 0 amide bonds. The van der Waals surface area contributed by atoms with Gasteiger partial charge in [0, 0.05) is 5.39 Å². The number of benzene rings is 1. The van der Waals surface area contributed by atoms with Gasteiger partial charge >= 0.3 is 12.3 Å². The van der Waals surface area contributed by atoms with E-state index >= 15 is 0 Å². The number of carbonyl (C=O) groups is 1. The van der Waals surface area contributed by atoms with E-state index in [-0.39, 0.29) is 5.58 Å². The van der Waals surface area contributed by atoms with Crippen molar-refractivity contribution in [3.63, 3.8) is 0 Å². The summed E-state index contributed by atoms with van der Waals surface area (Å²) < 4.78 is 54.9. The molecule has 0 fully saturated rings. The second-order valence-electron chi connectivity index (χ2n) is 3.86. The molecule has 0 radical (unpaired) electrons. The monoisotopic (exact) mass is 260 g/mol. The highest BCUT2D eigenvalue weighted by atomic mass is 19.3. The first-order chi connectivity index (χ1) is 8.34. The Hall–Kier alpha value is -1.85. The molecule has 2 nitrogen and oxygen atoms in total. The molecule has 1 heterocycles. The zero-order valence-corrected chi connectivity index (χ0v) is 9.22. The predicted octanol–water partition coefficient (Wildman–Crippen LogP) is 3.82. The van der Waals surface area contributed by atoms with E-state index in [1.807, 2.05) is 0 Å². The molecule has 0 N–H and O–H groups in total. The molecular formula is C12H8F4O2. The van der Waals surface area contributed by atoms with Crippen LogP contribution in [0.3, 0.4) is 0 Å². The van der Waals surface area contributed by atoms with Crippen LogP contribution in [0.25, 0.3) is 11.0 Å². The van der Waals surface area contributed by atoms with E-state index in [4.69, 9.17) is 4.42 Å². The Balaban J connectivity index is 2.50. The molecule has 0 saturated heterocycles. The van der Waals surface area contributed by atoms with Crippen LogP contribution in [0, 0.1) is 6.92 Å². The lowest BCUT2D eigenvalue weighted by atomic mass is 10.1. The molecule has 0 saturated carbocycles. The number of carbonyl (C=O) groups excluding carboxylic acids is 1. The third-order valence-corrected chi connectivity index (χ3v) is 2.54. The largest absolute Gasteiger partial charge is 0.452 e. The molecule has 2 rings (SSSR count). The summed E-state index contributed by atoms with van der Waals surface area (Å²) in [7, 11) is 0. The fourth-order valence-corrected chi connectivity index (χ4v) is 1.58. The van der Waals surface area contributed by atoms with Gasteiger partial charge in [0.05, 0.1) is 0 Å². The van der Waals surface area contributed by atoms with Gasteiger partial charge in [-0.15, -0.1) is 0 Å². The second-order valence-corrected chi connectivity index (χ2v) is 3.86. The Morgan fingerprint density at radius 2 is 2.00 bits per heavy atom. The van der Waals surface area contributed by atoms with Crippen LogP contribution in [0.4, 0.5) is 17.6 Å². The van der Waals surface area contributed by atoms with Gasteiger partial charge in [-0.05, 0) is 18.6 Å². The van der Waals surface area contributed by atoms with Gasteiger partial charge in [-0.3, -0.25) is 4.79 Å². The van der Waals surface area contributed by atoms with E-state index in [1.54, 1.807) is 25.1 Å². The van der Waals surface area contributed by atoms with Crippen LogP contribution in [0.1, 0.15) is 16.1 Å². The maximum absolute atomic E-state index is 12.9. The average Bonchev–Trinajstić information content (AvgIpc) is 2.73. The highest BCUT2D eigenvalue weighted by molar-refractivity contribution is 6.02. The number of rotatable bonds is 3. The number of ketones is 1. The van der Waals surface area contributed by atoms with Crippen LogP contribution < -0.4 is 0 Å². The minimum absolute atomic E-state index is 0.242. The Morgan fingerprint density at radius 1 is 1.33 bits per heavy atom. The van der Waals surface area contributed by atoms with Crippen molar-refractivity contribution in [2.45, 2.75) is 19.3 Å². The molecule has 0 aliphatic carbocycles. The van der Waals surface area contributed by atoms with Crippen molar-refractivity contribution in [2.75, 3.05) is 0 Å². The van der Waals surface area contributed by atoms with Crippen molar-refractivity contribution in [1.82, 2.24) is 0 Å². The SMILES string of the molecule is Cc1cccc2cc(C(=O)C(F)(F)C(F)F)oc12. The number of alkyl halides is 4. The van der Waals surface area contributed by atoms with E-state index in [1.165, 1.54) is 0 Å². The molecule has 0 aliphatic heterocycles. The van der Waals surface area contributed by atoms with Gasteiger partial charge < -0.3 is 4.42 Å². The summed E-state index contributed by atoms with van der Waals surface area (Å²) in [5, 5.41) is 0.420. The Kier molecular flexibility index (Phi) is 2.88. The fourth-order valence-electron chi connectivity index (χ4n) is 1.58. The number of hydrogen-bond acceptors (Lipinski definition) is 2. The van der Waals surface area contributed by atoms with Gasteiger partial charge in [-0.25, -0.2) is 8.78 Å². The van der Waals surface area contributed by atoms with E-state index in [0.29, 0.717) is 10.9 Å². The lowest BCUT2D eigenvalue weighted by molar-refractivity contribution is -0.0968. The van der Waals surface area contributed by atoms with Crippen molar-refractivity contribution in [3.8, 4) is 0 Å². The van der Waals surface area contributed by atoms with Crippen molar-refractivity contribution >= 4 is 16.8 Å². The summed E-state index contributed by atoms with van der Waals surface area (Å²) in [6.45, 7) is 1.66. The predicted molar refractivity (Wildman–Crippen MR) is 56.2 cm³/mol. The van der Waals surface area contributed by atoms with Gasteiger partial charge in [-0.2, -0.15) is 8.78 Å². The van der Waals surface area contributed by atoms with Gasteiger partial charge in [0.25, 0.3) is 5.78 Å². The number of Topliss-reactive ketones (excluding diaryl/α,β-unsaturated/α-hetero) is 1. The molecular weight excluding hydrogens is 252 g/mol. The van der Waals surface area contributed by atoms with Gasteiger partial charge in [0.2, 0.25) is 0 Å². The summed E-state index contributed by atoms with van der Waals surface area (Å²) in [4.78, 5) is 11.3. The minimum atomic E-state index is -4.73. The van der Waals surface area contributed by atoms with Crippen molar-refractivity contribution in [1.29, 1.82) is 0 Å². The average molecular weight is 260 g/mol. The summed E-state index contributed by atoms with van der Waals surface area (Å²) in [6, 6.07) is 5.89. The lowest BCUT2D eigenvalue weighted by Crippen LogP contribution is -2.36. The van der Waals surface area contributed by atoms with Crippen LogP contribution in [0.15, 0.2) is 28.7 Å². The number of aryl methyl sites for hydroxylation is 1. The van der Waals surface area contributed by atoms with Crippen LogP contribution >= 0.6 is 0 Å². The molecule has 96 valence electrons. The molecule has 18 heavy (non-hydrogen) atoms. The topological polar surface area (TPSA) is 30.2 Å². The van der Waals surface area contributed by atoms with Crippen molar-refractivity contribution in [3.05, 3.63) is 35.6 Å². The quantitative estimate of drug-likeness (QED) is 0.620. The normalized spacial score (nSPS) is 12.3. The van der Waals surface area contributed by atoms with Gasteiger partial charge in [-0.1, -0.05) is 18.2 Å². The number of hydrogen-bond donors (Lipinski definition) is 0. The zero-order chi connectivity index (χ0) is 13.5. The summed E-state index contributed by atoms with van der Waals surface area (Å²) in [5.41, 5.74) is 0.873. The van der Waals surface area contributed by atoms with Crippen LogP contribution in [0.2, 0.25) is 0 Å². The number of para-hydroxylation sites is 1. The molecule has 0 unspecified atom stereocenters.